The van der Waals surface area contributed by atoms with Crippen molar-refractivity contribution in [3.8, 4) is 0 Å². The van der Waals surface area contributed by atoms with E-state index in [1.165, 1.54) is 51.4 Å². The molecule has 0 aromatic carbocycles. The molecule has 3 fully saturated rings. The molecule has 114 valence electrons. The van der Waals surface area contributed by atoms with Gasteiger partial charge in [0.25, 0.3) is 0 Å². The number of hydrogen-bond acceptors (Lipinski definition) is 2. The molecule has 2 saturated heterocycles. The van der Waals surface area contributed by atoms with E-state index in [0.29, 0.717) is 11.9 Å². The average Bonchev–Trinajstić information content (AvgIpc) is 2.53. The van der Waals surface area contributed by atoms with Gasteiger partial charge < -0.3 is 10.2 Å². The van der Waals surface area contributed by atoms with E-state index in [9.17, 15) is 4.79 Å². The molecule has 20 heavy (non-hydrogen) atoms. The Morgan fingerprint density at radius 1 is 1.00 bits per heavy atom. The van der Waals surface area contributed by atoms with Crippen molar-refractivity contribution in [1.82, 2.24) is 10.2 Å². The quantitative estimate of drug-likeness (QED) is 0.861. The third kappa shape index (κ3) is 3.36. The summed E-state index contributed by atoms with van der Waals surface area (Å²) >= 11 is 0. The number of rotatable bonds is 3. The van der Waals surface area contributed by atoms with Gasteiger partial charge in [0.2, 0.25) is 5.91 Å². The summed E-state index contributed by atoms with van der Waals surface area (Å²) in [5.74, 6) is 2.06. The van der Waals surface area contributed by atoms with Gasteiger partial charge in [-0.2, -0.15) is 0 Å². The van der Waals surface area contributed by atoms with Crippen LogP contribution in [0.2, 0.25) is 0 Å². The molecule has 0 radical (unpaired) electrons. The highest BCUT2D eigenvalue weighted by atomic mass is 16.2. The summed E-state index contributed by atoms with van der Waals surface area (Å²) < 4.78 is 0. The van der Waals surface area contributed by atoms with Crippen LogP contribution in [0, 0.1) is 11.8 Å². The number of nitrogens with zero attached hydrogens (tertiary/aromatic N) is 1. The van der Waals surface area contributed by atoms with Gasteiger partial charge in [0.1, 0.15) is 0 Å². The van der Waals surface area contributed by atoms with E-state index in [0.717, 1.165) is 44.3 Å². The minimum absolute atomic E-state index is 0.458. The van der Waals surface area contributed by atoms with E-state index in [1.54, 1.807) is 0 Å². The zero-order chi connectivity index (χ0) is 13.8. The Morgan fingerprint density at radius 3 is 2.60 bits per heavy atom. The molecule has 0 aromatic heterocycles. The Kier molecular flexibility index (Phi) is 4.98. The molecular formula is C17H30N2O. The fourth-order valence-corrected chi connectivity index (χ4v) is 4.58. The Labute approximate surface area is 123 Å². The van der Waals surface area contributed by atoms with Crippen LogP contribution >= 0.6 is 0 Å². The van der Waals surface area contributed by atoms with Gasteiger partial charge in [-0.1, -0.05) is 12.8 Å². The van der Waals surface area contributed by atoms with Gasteiger partial charge in [-0.3, -0.25) is 4.79 Å². The first-order valence-corrected chi connectivity index (χ1v) is 8.85. The number of carbonyl (C=O) groups excluding carboxylic acids is 1. The third-order valence-corrected chi connectivity index (χ3v) is 5.79. The van der Waals surface area contributed by atoms with Crippen LogP contribution < -0.4 is 5.32 Å². The van der Waals surface area contributed by atoms with E-state index in [4.69, 9.17) is 0 Å². The second-order valence-electron chi connectivity index (χ2n) is 7.07. The lowest BCUT2D eigenvalue weighted by Gasteiger charge is -2.44. The van der Waals surface area contributed by atoms with Gasteiger partial charge in [-0.05, 0) is 69.9 Å². The SMILES string of the molecule is O=C(CCC1CCNCC1)N1CCCC2CCCCC21. The summed E-state index contributed by atoms with van der Waals surface area (Å²) in [6.07, 6.45) is 12.4. The Morgan fingerprint density at radius 2 is 1.75 bits per heavy atom. The van der Waals surface area contributed by atoms with E-state index in [1.807, 2.05) is 0 Å². The fraction of sp³-hybridized carbons (Fsp3) is 0.941. The van der Waals surface area contributed by atoms with Crippen LogP contribution in [0.25, 0.3) is 0 Å². The average molecular weight is 278 g/mol. The molecule has 3 rings (SSSR count). The van der Waals surface area contributed by atoms with Crippen molar-refractivity contribution in [2.45, 2.75) is 70.3 Å². The maximum atomic E-state index is 12.6. The van der Waals surface area contributed by atoms with E-state index < -0.39 is 0 Å². The largest absolute Gasteiger partial charge is 0.339 e. The molecule has 0 spiro atoms. The third-order valence-electron chi connectivity index (χ3n) is 5.79. The number of fused-ring (bicyclic) bond motifs is 1. The van der Waals surface area contributed by atoms with Crippen molar-refractivity contribution in [2.24, 2.45) is 11.8 Å². The van der Waals surface area contributed by atoms with Crippen molar-refractivity contribution in [3.05, 3.63) is 0 Å². The van der Waals surface area contributed by atoms with Crippen LogP contribution in [0.4, 0.5) is 0 Å². The molecule has 0 bridgehead atoms. The minimum Gasteiger partial charge on any atom is -0.339 e. The van der Waals surface area contributed by atoms with Crippen molar-refractivity contribution < 1.29 is 4.79 Å². The standard InChI is InChI=1S/C17H30N2O/c20-17(8-7-14-9-11-18-12-10-14)19-13-3-5-15-4-1-2-6-16(15)19/h14-16,18H,1-13H2. The van der Waals surface area contributed by atoms with Crippen LogP contribution in [0.15, 0.2) is 0 Å². The van der Waals surface area contributed by atoms with Crippen molar-refractivity contribution >= 4 is 5.91 Å². The number of amides is 1. The molecular weight excluding hydrogens is 248 g/mol. The fourth-order valence-electron chi connectivity index (χ4n) is 4.58. The highest BCUT2D eigenvalue weighted by Gasteiger charge is 2.35. The summed E-state index contributed by atoms with van der Waals surface area (Å²) in [6.45, 7) is 3.33. The van der Waals surface area contributed by atoms with Gasteiger partial charge in [-0.15, -0.1) is 0 Å². The lowest BCUT2D eigenvalue weighted by Crippen LogP contribution is -2.49. The Hall–Kier alpha value is -0.570. The van der Waals surface area contributed by atoms with Gasteiger partial charge in [0, 0.05) is 19.0 Å². The minimum atomic E-state index is 0.458. The van der Waals surface area contributed by atoms with Crippen LogP contribution in [0.1, 0.15) is 64.2 Å². The molecule has 2 atom stereocenters. The lowest BCUT2D eigenvalue weighted by molar-refractivity contribution is -0.137. The predicted octanol–water partition coefficient (Wildman–Crippen LogP) is 2.95. The zero-order valence-corrected chi connectivity index (χ0v) is 12.8. The van der Waals surface area contributed by atoms with Gasteiger partial charge >= 0.3 is 0 Å². The normalized spacial score (nSPS) is 31.9. The summed E-state index contributed by atoms with van der Waals surface area (Å²) in [7, 11) is 0. The second-order valence-corrected chi connectivity index (χ2v) is 7.07. The van der Waals surface area contributed by atoms with Crippen LogP contribution in [0.5, 0.6) is 0 Å². The van der Waals surface area contributed by atoms with Crippen molar-refractivity contribution in [1.29, 1.82) is 0 Å². The first-order chi connectivity index (χ1) is 9.84. The van der Waals surface area contributed by atoms with Crippen molar-refractivity contribution in [3.63, 3.8) is 0 Å². The molecule has 3 aliphatic rings. The molecule has 2 heterocycles. The molecule has 3 heteroatoms. The Bertz CT molecular complexity index is 323. The van der Waals surface area contributed by atoms with Crippen LogP contribution in [-0.2, 0) is 4.79 Å². The first-order valence-electron chi connectivity index (χ1n) is 8.85. The van der Waals surface area contributed by atoms with Crippen molar-refractivity contribution in [2.75, 3.05) is 19.6 Å². The second kappa shape index (κ2) is 6.93. The topological polar surface area (TPSA) is 32.3 Å². The molecule has 1 saturated carbocycles. The number of hydrogen-bond donors (Lipinski definition) is 1. The maximum absolute atomic E-state index is 12.6. The summed E-state index contributed by atoms with van der Waals surface area (Å²) in [5.41, 5.74) is 0. The predicted molar refractivity (Wildman–Crippen MR) is 81.5 cm³/mol. The highest BCUT2D eigenvalue weighted by Crippen LogP contribution is 2.35. The molecule has 3 nitrogen and oxygen atoms in total. The summed E-state index contributed by atoms with van der Waals surface area (Å²) in [5, 5.41) is 3.41. The van der Waals surface area contributed by atoms with E-state index in [-0.39, 0.29) is 0 Å². The molecule has 0 aromatic rings. The van der Waals surface area contributed by atoms with Gasteiger partial charge in [-0.25, -0.2) is 0 Å². The molecule has 1 N–H and O–H groups in total. The number of carbonyl (C=O) groups is 1. The highest BCUT2D eigenvalue weighted by molar-refractivity contribution is 5.76. The summed E-state index contributed by atoms with van der Waals surface area (Å²) in [4.78, 5) is 14.9. The van der Waals surface area contributed by atoms with Gasteiger partial charge in [0.05, 0.1) is 0 Å². The van der Waals surface area contributed by atoms with Crippen LogP contribution in [-0.4, -0.2) is 36.5 Å². The van der Waals surface area contributed by atoms with Gasteiger partial charge in [0.15, 0.2) is 0 Å². The smallest absolute Gasteiger partial charge is 0.222 e. The number of piperidine rings is 2. The zero-order valence-electron chi connectivity index (χ0n) is 12.8. The first kappa shape index (κ1) is 14.4. The van der Waals surface area contributed by atoms with E-state index >= 15 is 0 Å². The maximum Gasteiger partial charge on any atom is 0.222 e. The number of nitrogens with one attached hydrogen (secondary N) is 1. The summed E-state index contributed by atoms with van der Waals surface area (Å²) in [6, 6.07) is 0.595. The molecule has 2 unspecified atom stereocenters. The molecule has 1 aliphatic carbocycles. The molecule has 2 aliphatic heterocycles. The van der Waals surface area contributed by atoms with E-state index in [2.05, 4.69) is 10.2 Å². The van der Waals surface area contributed by atoms with Crippen LogP contribution in [0.3, 0.4) is 0 Å². The molecule has 1 amide bonds. The Balaban J connectivity index is 1.50. The number of likely N-dealkylation sites (tertiary alicyclic amines) is 1. The monoisotopic (exact) mass is 278 g/mol. The lowest BCUT2D eigenvalue weighted by atomic mass is 9.78.